The fourth-order valence-electron chi connectivity index (χ4n) is 2.16. The van der Waals surface area contributed by atoms with Crippen molar-refractivity contribution in [3.8, 4) is 28.0 Å². The average Bonchev–Trinajstić information content (AvgIpc) is 2.51. The van der Waals surface area contributed by atoms with Gasteiger partial charge in [-0.05, 0) is 47.5 Å². The van der Waals surface area contributed by atoms with Crippen molar-refractivity contribution < 1.29 is 5.11 Å². The third kappa shape index (κ3) is 2.19. The number of hydrogen-bond acceptors (Lipinski definition) is 4. The number of nitrogens with two attached hydrogens (primary N) is 1. The topological polar surface area (TPSA) is 72.0 Å². The van der Waals surface area contributed by atoms with Crippen LogP contribution in [-0.4, -0.2) is 15.1 Å². The highest BCUT2D eigenvalue weighted by molar-refractivity contribution is 5.85. The van der Waals surface area contributed by atoms with Crippen LogP contribution in [0.5, 0.6) is 5.75 Å². The van der Waals surface area contributed by atoms with Crippen molar-refractivity contribution in [2.75, 3.05) is 5.73 Å². The molecule has 0 amide bonds. The molecule has 0 saturated carbocycles. The lowest BCUT2D eigenvalue weighted by molar-refractivity contribution is 0.479. The molecule has 0 bridgehead atoms. The Bertz CT molecular complexity index is 667. The Morgan fingerprint density at radius 3 is 1.55 bits per heavy atom. The first-order valence-corrected chi connectivity index (χ1v) is 6.19. The molecule has 20 heavy (non-hydrogen) atoms. The highest BCUT2D eigenvalue weighted by atomic mass is 16.3. The number of benzene rings is 1. The summed E-state index contributed by atoms with van der Waals surface area (Å²) in [5.41, 5.74) is 9.70. The van der Waals surface area contributed by atoms with Crippen LogP contribution < -0.4 is 5.73 Å². The first-order valence-electron chi connectivity index (χ1n) is 6.19. The number of rotatable bonds is 2. The normalized spacial score (nSPS) is 10.4. The van der Waals surface area contributed by atoms with E-state index in [-0.39, 0.29) is 5.75 Å². The molecule has 0 unspecified atom stereocenters. The fourth-order valence-corrected chi connectivity index (χ4v) is 2.16. The molecule has 0 aliphatic carbocycles. The van der Waals surface area contributed by atoms with Crippen molar-refractivity contribution in [2.45, 2.75) is 0 Å². The molecule has 0 spiro atoms. The summed E-state index contributed by atoms with van der Waals surface area (Å²) in [5.74, 6) is 0.205. The van der Waals surface area contributed by atoms with E-state index in [1.54, 1.807) is 36.9 Å². The fraction of sp³-hybridized carbons (Fsp3) is 0. The number of nitrogens with zero attached hydrogens (tertiary/aromatic N) is 2. The van der Waals surface area contributed by atoms with E-state index in [9.17, 15) is 5.11 Å². The van der Waals surface area contributed by atoms with Crippen LogP contribution >= 0.6 is 0 Å². The Kier molecular flexibility index (Phi) is 3.05. The van der Waals surface area contributed by atoms with E-state index in [2.05, 4.69) is 9.97 Å². The number of phenolic OH excluding ortho intramolecular Hbond substituents is 1. The van der Waals surface area contributed by atoms with Crippen LogP contribution in [0.4, 0.5) is 5.69 Å². The number of aromatic hydroxyl groups is 1. The van der Waals surface area contributed by atoms with Gasteiger partial charge in [0.2, 0.25) is 0 Å². The standard InChI is InChI=1S/C16H13N3O/c17-13-9-14(11-1-5-18-6-2-11)16(20)15(10-13)12-3-7-19-8-4-12/h1-10,20H,17H2. The molecule has 3 aromatic rings. The molecule has 2 aromatic heterocycles. The van der Waals surface area contributed by atoms with E-state index in [4.69, 9.17) is 5.73 Å². The number of nitrogen functional groups attached to an aromatic ring is 1. The Balaban J connectivity index is 2.22. The van der Waals surface area contributed by atoms with Gasteiger partial charge in [0, 0.05) is 41.6 Å². The van der Waals surface area contributed by atoms with E-state index in [1.807, 2.05) is 24.3 Å². The summed E-state index contributed by atoms with van der Waals surface area (Å²) in [6, 6.07) is 10.9. The number of aromatic nitrogens is 2. The summed E-state index contributed by atoms with van der Waals surface area (Å²) in [6.07, 6.45) is 6.74. The highest BCUT2D eigenvalue weighted by Crippen LogP contribution is 2.39. The molecule has 0 fully saturated rings. The van der Waals surface area contributed by atoms with E-state index in [1.165, 1.54) is 0 Å². The Morgan fingerprint density at radius 1 is 0.750 bits per heavy atom. The van der Waals surface area contributed by atoms with Gasteiger partial charge in [-0.15, -0.1) is 0 Å². The van der Waals surface area contributed by atoms with Crippen LogP contribution in [-0.2, 0) is 0 Å². The first kappa shape index (κ1) is 12.2. The van der Waals surface area contributed by atoms with Crippen LogP contribution in [0.3, 0.4) is 0 Å². The van der Waals surface area contributed by atoms with Gasteiger partial charge in [0.05, 0.1) is 0 Å². The maximum absolute atomic E-state index is 10.5. The van der Waals surface area contributed by atoms with Crippen molar-refractivity contribution in [3.05, 3.63) is 61.2 Å². The molecule has 3 N–H and O–H groups in total. The van der Waals surface area contributed by atoms with Crippen LogP contribution in [0, 0.1) is 0 Å². The molecule has 0 aliphatic rings. The van der Waals surface area contributed by atoms with Gasteiger partial charge in [-0.2, -0.15) is 0 Å². The van der Waals surface area contributed by atoms with Gasteiger partial charge >= 0.3 is 0 Å². The third-order valence-corrected chi connectivity index (χ3v) is 3.11. The second kappa shape index (κ2) is 5.01. The molecule has 2 heterocycles. The van der Waals surface area contributed by atoms with E-state index < -0.39 is 0 Å². The predicted octanol–water partition coefficient (Wildman–Crippen LogP) is 3.10. The zero-order chi connectivity index (χ0) is 13.9. The van der Waals surface area contributed by atoms with Crippen LogP contribution in [0.2, 0.25) is 0 Å². The molecular weight excluding hydrogens is 250 g/mol. The SMILES string of the molecule is Nc1cc(-c2ccncc2)c(O)c(-c2ccncc2)c1. The van der Waals surface area contributed by atoms with Crippen LogP contribution in [0.1, 0.15) is 0 Å². The van der Waals surface area contributed by atoms with Crippen molar-refractivity contribution in [1.29, 1.82) is 0 Å². The average molecular weight is 263 g/mol. The molecule has 0 radical (unpaired) electrons. The molecule has 4 nitrogen and oxygen atoms in total. The van der Waals surface area contributed by atoms with Gasteiger partial charge in [-0.3, -0.25) is 9.97 Å². The molecule has 0 aliphatic heterocycles. The smallest absolute Gasteiger partial charge is 0.131 e. The van der Waals surface area contributed by atoms with Gasteiger partial charge in [0.25, 0.3) is 0 Å². The maximum atomic E-state index is 10.5. The lowest BCUT2D eigenvalue weighted by atomic mass is 9.97. The van der Waals surface area contributed by atoms with Gasteiger partial charge in [-0.25, -0.2) is 0 Å². The largest absolute Gasteiger partial charge is 0.507 e. The Hall–Kier alpha value is -2.88. The van der Waals surface area contributed by atoms with Crippen LogP contribution in [0.25, 0.3) is 22.3 Å². The zero-order valence-corrected chi connectivity index (χ0v) is 10.7. The lowest BCUT2D eigenvalue weighted by Gasteiger charge is -2.11. The second-order valence-corrected chi connectivity index (χ2v) is 4.44. The van der Waals surface area contributed by atoms with E-state index >= 15 is 0 Å². The summed E-state index contributed by atoms with van der Waals surface area (Å²) in [6.45, 7) is 0. The van der Waals surface area contributed by atoms with Gasteiger partial charge < -0.3 is 10.8 Å². The van der Waals surface area contributed by atoms with Crippen LogP contribution in [0.15, 0.2) is 61.2 Å². The number of anilines is 1. The molecule has 0 saturated heterocycles. The van der Waals surface area contributed by atoms with Crippen molar-refractivity contribution >= 4 is 5.69 Å². The zero-order valence-electron chi connectivity index (χ0n) is 10.7. The quantitative estimate of drug-likeness (QED) is 0.550. The maximum Gasteiger partial charge on any atom is 0.131 e. The van der Waals surface area contributed by atoms with E-state index in [0.29, 0.717) is 16.8 Å². The summed E-state index contributed by atoms with van der Waals surface area (Å²) < 4.78 is 0. The summed E-state index contributed by atoms with van der Waals surface area (Å²) in [7, 11) is 0. The molecule has 3 rings (SSSR count). The minimum absolute atomic E-state index is 0.205. The Labute approximate surface area is 116 Å². The molecule has 1 aromatic carbocycles. The van der Waals surface area contributed by atoms with Crippen molar-refractivity contribution in [3.63, 3.8) is 0 Å². The van der Waals surface area contributed by atoms with Crippen molar-refractivity contribution in [2.24, 2.45) is 0 Å². The van der Waals surface area contributed by atoms with E-state index in [0.717, 1.165) is 11.1 Å². The summed E-state index contributed by atoms with van der Waals surface area (Å²) >= 11 is 0. The summed E-state index contributed by atoms with van der Waals surface area (Å²) in [4.78, 5) is 7.96. The van der Waals surface area contributed by atoms with Gasteiger partial charge in [-0.1, -0.05) is 0 Å². The summed E-state index contributed by atoms with van der Waals surface area (Å²) in [5, 5.41) is 10.5. The third-order valence-electron chi connectivity index (χ3n) is 3.11. The van der Waals surface area contributed by atoms with Crippen molar-refractivity contribution in [1.82, 2.24) is 9.97 Å². The minimum Gasteiger partial charge on any atom is -0.507 e. The Morgan fingerprint density at radius 2 is 1.15 bits per heavy atom. The molecule has 0 atom stereocenters. The molecular formula is C16H13N3O. The number of hydrogen-bond donors (Lipinski definition) is 2. The van der Waals surface area contributed by atoms with Gasteiger partial charge in [0.15, 0.2) is 0 Å². The number of pyridine rings is 2. The van der Waals surface area contributed by atoms with Gasteiger partial charge in [0.1, 0.15) is 5.75 Å². The molecule has 98 valence electrons. The first-order chi connectivity index (χ1) is 9.75. The predicted molar refractivity (Wildman–Crippen MR) is 79.0 cm³/mol. The monoisotopic (exact) mass is 263 g/mol. The lowest BCUT2D eigenvalue weighted by Crippen LogP contribution is -1.90. The second-order valence-electron chi connectivity index (χ2n) is 4.44. The highest BCUT2D eigenvalue weighted by Gasteiger charge is 2.12. The molecule has 4 heteroatoms. The minimum atomic E-state index is 0.205. The number of phenols is 1.